The van der Waals surface area contributed by atoms with Crippen molar-refractivity contribution in [3.63, 3.8) is 0 Å². The maximum Gasteiger partial charge on any atom is 0.305 e. The van der Waals surface area contributed by atoms with E-state index in [2.05, 4.69) is 17.6 Å². The third-order valence-corrected chi connectivity index (χ3v) is 4.78. The van der Waals surface area contributed by atoms with Gasteiger partial charge in [-0.2, -0.15) is 0 Å². The van der Waals surface area contributed by atoms with Gasteiger partial charge in [0.05, 0.1) is 13.0 Å². The molecule has 3 rings (SSSR count). The summed E-state index contributed by atoms with van der Waals surface area (Å²) < 4.78 is 18.3. The van der Waals surface area contributed by atoms with Crippen molar-refractivity contribution in [1.29, 1.82) is 0 Å². The molecule has 0 saturated carbocycles. The molecule has 6 nitrogen and oxygen atoms in total. The maximum atomic E-state index is 12.9. The Hall–Kier alpha value is -2.64. The molecule has 0 heterocycles. The highest BCUT2D eigenvalue weighted by atomic mass is 19.1. The van der Waals surface area contributed by atoms with Crippen LogP contribution in [0.15, 0.2) is 59.8 Å². The molecule has 0 saturated heterocycles. The number of hydrogen-bond acceptors (Lipinski definition) is 5. The summed E-state index contributed by atoms with van der Waals surface area (Å²) in [6, 6.07) is 5.66. The highest BCUT2D eigenvalue weighted by molar-refractivity contribution is 5.66. The van der Waals surface area contributed by atoms with Crippen LogP contribution in [0.25, 0.3) is 0 Å². The second-order valence-corrected chi connectivity index (χ2v) is 6.91. The molecule has 2 aliphatic carbocycles. The summed E-state index contributed by atoms with van der Waals surface area (Å²) >= 11 is 0. The molecule has 2 aliphatic rings. The van der Waals surface area contributed by atoms with Crippen molar-refractivity contribution in [3.8, 4) is 5.75 Å². The summed E-state index contributed by atoms with van der Waals surface area (Å²) in [6.45, 7) is 0.203. The fourth-order valence-electron chi connectivity index (χ4n) is 3.38. The van der Waals surface area contributed by atoms with Gasteiger partial charge in [0.1, 0.15) is 24.3 Å². The number of aliphatic hydroxyl groups is 1. The molecule has 7 heteroatoms. The van der Waals surface area contributed by atoms with Crippen LogP contribution in [0.3, 0.4) is 0 Å². The van der Waals surface area contributed by atoms with E-state index >= 15 is 0 Å². The van der Waals surface area contributed by atoms with E-state index in [1.165, 1.54) is 24.3 Å². The number of carboxylic acids is 1. The molecule has 1 unspecified atom stereocenters. The average molecular weight is 389 g/mol. The van der Waals surface area contributed by atoms with E-state index in [-0.39, 0.29) is 31.4 Å². The van der Waals surface area contributed by atoms with E-state index in [0.717, 1.165) is 24.1 Å². The lowest BCUT2D eigenvalue weighted by molar-refractivity contribution is -0.138. The van der Waals surface area contributed by atoms with E-state index in [9.17, 15) is 14.3 Å². The molecule has 3 atom stereocenters. The minimum absolute atomic E-state index is 0.0427. The Kier molecular flexibility index (Phi) is 6.84. The molecule has 3 N–H and O–H groups in total. The summed E-state index contributed by atoms with van der Waals surface area (Å²) in [5.41, 5.74) is 4.93. The normalized spacial score (nSPS) is 21.9. The molecule has 0 fully saturated rings. The second kappa shape index (κ2) is 9.52. The van der Waals surface area contributed by atoms with Crippen molar-refractivity contribution in [1.82, 2.24) is 5.48 Å². The molecule has 0 aliphatic heterocycles. The monoisotopic (exact) mass is 389 g/mol. The Morgan fingerprint density at radius 1 is 1.36 bits per heavy atom. The van der Waals surface area contributed by atoms with Gasteiger partial charge < -0.3 is 14.9 Å². The lowest BCUT2D eigenvalue weighted by Gasteiger charge is -2.12. The molecular formula is C21H24FNO5. The van der Waals surface area contributed by atoms with E-state index in [1.54, 1.807) is 6.08 Å². The maximum absolute atomic E-state index is 12.9. The number of ether oxygens (including phenoxy) is 1. The molecule has 1 aromatic carbocycles. The summed E-state index contributed by atoms with van der Waals surface area (Å²) in [7, 11) is 0. The third-order valence-electron chi connectivity index (χ3n) is 4.78. The minimum atomic E-state index is -0.892. The van der Waals surface area contributed by atoms with Crippen LogP contribution in [0.5, 0.6) is 5.75 Å². The first kappa shape index (κ1) is 20.1. The van der Waals surface area contributed by atoms with Crippen molar-refractivity contribution in [3.05, 3.63) is 65.7 Å². The van der Waals surface area contributed by atoms with Crippen LogP contribution in [0.2, 0.25) is 0 Å². The van der Waals surface area contributed by atoms with Gasteiger partial charge in [0.15, 0.2) is 0 Å². The quantitative estimate of drug-likeness (QED) is 0.421. The zero-order valence-corrected chi connectivity index (χ0v) is 15.4. The smallest absolute Gasteiger partial charge is 0.305 e. The Labute approximate surface area is 162 Å². The standard InChI is InChI=1S/C21H24FNO5/c22-16-4-7-19(8-5-16)27-13-18(24)6-3-14-1-2-15-11-17(12-20(14)15)23-28-10-9-21(25)26/h1,3-8,12,15,18,20,23-24H,2,9-11,13H2,(H,25,26)/t15-,18?,20+/m1/s1. The number of carbonyl (C=O) groups is 1. The molecule has 1 aromatic rings. The SMILES string of the molecule is O=C(O)CCONC1=C[C@H]2C(C=CC(O)COc3ccc(F)cc3)=CC[C@@H]2C1. The van der Waals surface area contributed by atoms with Crippen LogP contribution in [0.4, 0.5) is 4.39 Å². The predicted molar refractivity (Wildman–Crippen MR) is 101 cm³/mol. The lowest BCUT2D eigenvalue weighted by Crippen LogP contribution is -2.16. The number of aliphatic carboxylic acids is 1. The van der Waals surface area contributed by atoms with Crippen LogP contribution in [-0.4, -0.2) is 35.5 Å². The van der Waals surface area contributed by atoms with Crippen molar-refractivity contribution in [2.24, 2.45) is 11.8 Å². The largest absolute Gasteiger partial charge is 0.491 e. The molecule has 28 heavy (non-hydrogen) atoms. The Bertz CT molecular complexity index is 772. The van der Waals surface area contributed by atoms with Gasteiger partial charge in [0, 0.05) is 11.6 Å². The number of carboxylic acid groups (broad SMARTS) is 1. The lowest BCUT2D eigenvalue weighted by atomic mass is 9.94. The molecule has 150 valence electrons. The Morgan fingerprint density at radius 3 is 2.89 bits per heavy atom. The van der Waals surface area contributed by atoms with Crippen LogP contribution in [-0.2, 0) is 9.63 Å². The third kappa shape index (κ3) is 5.68. The van der Waals surface area contributed by atoms with Gasteiger partial charge in [-0.25, -0.2) is 4.39 Å². The number of hydroxylamine groups is 1. The summed E-state index contributed by atoms with van der Waals surface area (Å²) in [5, 5.41) is 18.7. The van der Waals surface area contributed by atoms with E-state index < -0.39 is 12.1 Å². The first-order valence-corrected chi connectivity index (χ1v) is 9.26. The van der Waals surface area contributed by atoms with Crippen LogP contribution in [0, 0.1) is 17.7 Å². The Balaban J connectivity index is 1.45. The highest BCUT2D eigenvalue weighted by Crippen LogP contribution is 2.42. The van der Waals surface area contributed by atoms with E-state index in [0.29, 0.717) is 11.7 Å². The number of rotatable bonds is 10. The Morgan fingerprint density at radius 2 is 2.14 bits per heavy atom. The zero-order chi connectivity index (χ0) is 19.9. The summed E-state index contributed by atoms with van der Waals surface area (Å²) in [6.07, 6.45) is 8.85. The predicted octanol–water partition coefficient (Wildman–Crippen LogP) is 2.97. The molecule has 0 aromatic heterocycles. The number of aliphatic hydroxyl groups excluding tert-OH is 1. The van der Waals surface area contributed by atoms with Crippen LogP contribution in [0.1, 0.15) is 19.3 Å². The first-order valence-electron chi connectivity index (χ1n) is 9.26. The number of hydrogen-bond donors (Lipinski definition) is 3. The van der Waals surface area contributed by atoms with Gasteiger partial charge in [-0.1, -0.05) is 24.3 Å². The summed E-state index contributed by atoms with van der Waals surface area (Å²) in [4.78, 5) is 15.7. The molecule has 0 bridgehead atoms. The fraction of sp³-hybridized carbons (Fsp3) is 0.381. The zero-order valence-electron chi connectivity index (χ0n) is 15.4. The van der Waals surface area contributed by atoms with Gasteiger partial charge >= 0.3 is 5.97 Å². The number of allylic oxidation sites excluding steroid dienone is 5. The van der Waals surface area contributed by atoms with Gasteiger partial charge in [0.2, 0.25) is 0 Å². The van der Waals surface area contributed by atoms with Crippen LogP contribution >= 0.6 is 0 Å². The first-order chi connectivity index (χ1) is 13.5. The van der Waals surface area contributed by atoms with Gasteiger partial charge in [-0.15, -0.1) is 0 Å². The van der Waals surface area contributed by atoms with Gasteiger partial charge in [-0.05, 0) is 48.6 Å². The fourth-order valence-corrected chi connectivity index (χ4v) is 3.38. The average Bonchev–Trinajstić information content (AvgIpc) is 3.23. The highest BCUT2D eigenvalue weighted by Gasteiger charge is 2.32. The molecular weight excluding hydrogens is 365 g/mol. The van der Waals surface area contributed by atoms with E-state index in [4.69, 9.17) is 14.7 Å². The van der Waals surface area contributed by atoms with Crippen molar-refractivity contribution in [2.75, 3.05) is 13.2 Å². The minimum Gasteiger partial charge on any atom is -0.491 e. The van der Waals surface area contributed by atoms with Gasteiger partial charge in [-0.3, -0.25) is 15.1 Å². The number of nitrogens with one attached hydrogen (secondary N) is 1. The molecule has 0 spiro atoms. The number of benzene rings is 1. The van der Waals surface area contributed by atoms with Crippen molar-refractivity contribution in [2.45, 2.75) is 25.4 Å². The second-order valence-electron chi connectivity index (χ2n) is 6.91. The topological polar surface area (TPSA) is 88.0 Å². The van der Waals surface area contributed by atoms with Gasteiger partial charge in [0.25, 0.3) is 0 Å². The van der Waals surface area contributed by atoms with Crippen molar-refractivity contribution < 1.29 is 29.0 Å². The van der Waals surface area contributed by atoms with Crippen LogP contribution < -0.4 is 10.2 Å². The number of fused-ring (bicyclic) bond motifs is 1. The molecule has 0 amide bonds. The van der Waals surface area contributed by atoms with E-state index in [1.807, 2.05) is 6.08 Å². The van der Waals surface area contributed by atoms with Crippen molar-refractivity contribution >= 4 is 5.97 Å². The summed E-state index contributed by atoms with van der Waals surface area (Å²) in [5.74, 6) is -0.00566. The number of halogens is 1. The molecule has 0 radical (unpaired) electrons.